The Morgan fingerprint density at radius 1 is 0.520 bits per heavy atom. The van der Waals surface area contributed by atoms with Gasteiger partial charge in [0.15, 0.2) is 0 Å². The standard InChI is InChI=1S/C49H41N/c1-2-11-41(12-3-1)50-45-25-23-33-9-6-7-13-42(33)49(45)43-24-14-31(27-46(43)50)26-44(37-20-15-32-8-4-5-10-36(32)28-37)34-16-18-35(19-17-34)47-38-21-22-39-30-40(29-38)48(39)47/h1-20,23-25,27-28,38-40,44,47-48H,21-22,26,29-30H2/t38?,39?,40?,44?,47?,48-/m0/s1. The molecule has 1 nitrogen and oxygen atoms in total. The van der Waals surface area contributed by atoms with Gasteiger partial charge in [0.1, 0.15) is 0 Å². The summed E-state index contributed by atoms with van der Waals surface area (Å²) in [6, 6.07) is 57.5. The summed E-state index contributed by atoms with van der Waals surface area (Å²) < 4.78 is 2.48. The molecule has 3 aliphatic rings. The number of nitrogens with zero attached hydrogens (tertiary/aromatic N) is 1. The molecule has 3 fully saturated rings. The summed E-state index contributed by atoms with van der Waals surface area (Å²) in [6.07, 6.45) is 6.86. The van der Waals surface area contributed by atoms with Gasteiger partial charge in [-0.3, -0.25) is 0 Å². The minimum Gasteiger partial charge on any atom is -0.309 e. The molecule has 0 amide bonds. The van der Waals surface area contributed by atoms with Crippen molar-refractivity contribution in [3.63, 3.8) is 0 Å². The van der Waals surface area contributed by atoms with Gasteiger partial charge in [0.05, 0.1) is 11.0 Å². The van der Waals surface area contributed by atoms with Gasteiger partial charge in [-0.25, -0.2) is 0 Å². The highest BCUT2D eigenvalue weighted by molar-refractivity contribution is 6.21. The van der Waals surface area contributed by atoms with E-state index in [1.54, 1.807) is 5.56 Å². The van der Waals surface area contributed by atoms with Crippen molar-refractivity contribution < 1.29 is 0 Å². The monoisotopic (exact) mass is 643 g/mol. The van der Waals surface area contributed by atoms with Crippen molar-refractivity contribution in [2.24, 2.45) is 23.7 Å². The van der Waals surface area contributed by atoms with Crippen LogP contribution < -0.4 is 0 Å². The summed E-state index contributed by atoms with van der Waals surface area (Å²) in [5.41, 5.74) is 9.54. The molecular formula is C49H41N. The topological polar surface area (TPSA) is 4.93 Å². The Kier molecular flexibility index (Phi) is 6.42. The van der Waals surface area contributed by atoms with Crippen LogP contribution in [0.3, 0.4) is 0 Å². The predicted molar refractivity (Wildman–Crippen MR) is 209 cm³/mol. The van der Waals surface area contributed by atoms with Gasteiger partial charge in [0, 0.05) is 22.4 Å². The molecule has 11 rings (SSSR count). The van der Waals surface area contributed by atoms with E-state index in [0.717, 1.165) is 36.0 Å². The Hall–Kier alpha value is -5.14. The molecule has 0 saturated heterocycles. The van der Waals surface area contributed by atoms with Crippen LogP contribution in [0.1, 0.15) is 59.8 Å². The van der Waals surface area contributed by atoms with Crippen molar-refractivity contribution in [1.82, 2.24) is 4.57 Å². The lowest BCUT2D eigenvalue weighted by atomic mass is 9.58. The molecule has 3 saturated carbocycles. The van der Waals surface area contributed by atoms with Crippen molar-refractivity contribution in [2.45, 2.75) is 43.9 Å². The van der Waals surface area contributed by atoms with Gasteiger partial charge in [0.2, 0.25) is 0 Å². The van der Waals surface area contributed by atoms with E-state index in [9.17, 15) is 0 Å². The molecular weight excluding hydrogens is 603 g/mol. The van der Waals surface area contributed by atoms with Crippen LogP contribution in [0.15, 0.2) is 152 Å². The van der Waals surface area contributed by atoms with E-state index >= 15 is 0 Å². The molecule has 1 heteroatoms. The lowest BCUT2D eigenvalue weighted by molar-refractivity contribution is 0.0654. The number of para-hydroxylation sites is 1. The Balaban J connectivity index is 1.04. The van der Waals surface area contributed by atoms with E-state index in [-0.39, 0.29) is 5.92 Å². The third-order valence-corrected chi connectivity index (χ3v) is 13.2. The third-order valence-electron chi connectivity index (χ3n) is 13.2. The quantitative estimate of drug-likeness (QED) is 0.170. The van der Waals surface area contributed by atoms with Crippen molar-refractivity contribution in [3.05, 3.63) is 174 Å². The molecule has 0 aliphatic heterocycles. The van der Waals surface area contributed by atoms with Crippen molar-refractivity contribution in [1.29, 1.82) is 0 Å². The van der Waals surface area contributed by atoms with Crippen molar-refractivity contribution >= 4 is 43.4 Å². The molecule has 0 spiro atoms. The highest BCUT2D eigenvalue weighted by Crippen LogP contribution is 2.66. The SMILES string of the molecule is c1ccc(-n2c3cc(CC(c4ccc(C5C6CCC7CC(C6)[C@H]75)cc4)c4ccc5ccccc5c4)ccc3c3c4ccccc4ccc32)cc1. The molecule has 50 heavy (non-hydrogen) atoms. The fraction of sp³-hybridized carbons (Fsp3) is 0.224. The fourth-order valence-electron chi connectivity index (χ4n) is 11.0. The van der Waals surface area contributed by atoms with Gasteiger partial charge < -0.3 is 4.57 Å². The Labute approximate surface area is 294 Å². The second-order valence-corrected chi connectivity index (χ2v) is 15.7. The van der Waals surface area contributed by atoms with Crippen LogP contribution in [0.25, 0.3) is 49.0 Å². The van der Waals surface area contributed by atoms with Crippen LogP contribution in [0.4, 0.5) is 0 Å². The molecule has 5 unspecified atom stereocenters. The van der Waals surface area contributed by atoms with Crippen LogP contribution in [0.5, 0.6) is 0 Å². The second-order valence-electron chi connectivity index (χ2n) is 15.7. The molecule has 8 aromatic rings. The van der Waals surface area contributed by atoms with E-state index in [0.29, 0.717) is 0 Å². The maximum atomic E-state index is 2.52. The van der Waals surface area contributed by atoms with Crippen LogP contribution in [-0.4, -0.2) is 4.57 Å². The van der Waals surface area contributed by atoms with E-state index in [2.05, 4.69) is 156 Å². The highest BCUT2D eigenvalue weighted by atomic mass is 15.0. The number of rotatable bonds is 6. The fourth-order valence-corrected chi connectivity index (χ4v) is 11.0. The molecule has 7 aromatic carbocycles. The molecule has 1 aromatic heterocycles. The van der Waals surface area contributed by atoms with Crippen molar-refractivity contribution in [3.8, 4) is 5.69 Å². The molecule has 242 valence electrons. The summed E-state index contributed by atoms with van der Waals surface area (Å²) in [5.74, 6) is 4.91. The molecule has 3 aliphatic carbocycles. The molecule has 6 atom stereocenters. The first-order valence-corrected chi connectivity index (χ1v) is 18.9. The molecule has 0 N–H and O–H groups in total. The zero-order valence-electron chi connectivity index (χ0n) is 28.4. The number of fused-ring (bicyclic) bond motifs is 7. The number of hydrogen-bond acceptors (Lipinski definition) is 0. The maximum absolute atomic E-state index is 2.52. The maximum Gasteiger partial charge on any atom is 0.0547 e. The summed E-state index contributed by atoms with van der Waals surface area (Å²) in [4.78, 5) is 0. The second kappa shape index (κ2) is 11.2. The zero-order valence-corrected chi connectivity index (χ0v) is 28.4. The lowest BCUT2D eigenvalue weighted by Gasteiger charge is -2.46. The summed E-state index contributed by atoms with van der Waals surface area (Å²) in [5, 5.41) is 7.87. The minimum absolute atomic E-state index is 0.262. The van der Waals surface area contributed by atoms with Gasteiger partial charge in [-0.15, -0.1) is 0 Å². The lowest BCUT2D eigenvalue weighted by Crippen LogP contribution is -2.37. The van der Waals surface area contributed by atoms with E-state index in [4.69, 9.17) is 0 Å². The Morgan fingerprint density at radius 2 is 1.24 bits per heavy atom. The van der Waals surface area contributed by atoms with E-state index < -0.39 is 0 Å². The van der Waals surface area contributed by atoms with Gasteiger partial charge in [-0.2, -0.15) is 0 Å². The number of aromatic nitrogens is 1. The summed E-state index contributed by atoms with van der Waals surface area (Å²) in [6.45, 7) is 0. The highest BCUT2D eigenvalue weighted by Gasteiger charge is 2.56. The van der Waals surface area contributed by atoms with Gasteiger partial charge >= 0.3 is 0 Å². The summed E-state index contributed by atoms with van der Waals surface area (Å²) in [7, 11) is 0. The Bertz CT molecular complexity index is 2550. The van der Waals surface area contributed by atoms with Gasteiger partial charge in [-0.1, -0.05) is 127 Å². The zero-order chi connectivity index (χ0) is 32.8. The normalized spacial score (nSPS) is 23.1. The number of hydrogen-bond donors (Lipinski definition) is 0. The van der Waals surface area contributed by atoms with Gasteiger partial charge in [-0.05, 0) is 130 Å². The van der Waals surface area contributed by atoms with Crippen LogP contribution in [0.2, 0.25) is 0 Å². The first-order chi connectivity index (χ1) is 24.8. The summed E-state index contributed by atoms with van der Waals surface area (Å²) >= 11 is 0. The average molecular weight is 644 g/mol. The van der Waals surface area contributed by atoms with Crippen LogP contribution >= 0.6 is 0 Å². The minimum atomic E-state index is 0.262. The van der Waals surface area contributed by atoms with E-state index in [1.165, 1.54) is 91.4 Å². The van der Waals surface area contributed by atoms with E-state index in [1.807, 2.05) is 0 Å². The number of benzene rings is 7. The smallest absolute Gasteiger partial charge is 0.0547 e. The Morgan fingerprint density at radius 3 is 2.12 bits per heavy atom. The average Bonchev–Trinajstić information content (AvgIpc) is 3.45. The first kappa shape index (κ1) is 28.7. The molecule has 0 radical (unpaired) electrons. The third kappa shape index (κ3) is 4.39. The molecule has 2 bridgehead atoms. The largest absolute Gasteiger partial charge is 0.309 e. The van der Waals surface area contributed by atoms with Crippen LogP contribution in [-0.2, 0) is 6.42 Å². The predicted octanol–water partition coefficient (Wildman–Crippen LogP) is 12.6. The first-order valence-electron chi connectivity index (χ1n) is 18.9. The van der Waals surface area contributed by atoms with Crippen LogP contribution in [0, 0.1) is 23.7 Å². The van der Waals surface area contributed by atoms with Gasteiger partial charge in [0.25, 0.3) is 0 Å². The molecule has 1 heterocycles. The van der Waals surface area contributed by atoms with Crippen molar-refractivity contribution in [2.75, 3.05) is 0 Å².